The summed E-state index contributed by atoms with van der Waals surface area (Å²) in [6.07, 6.45) is 0. The van der Waals surface area contributed by atoms with E-state index in [1.165, 1.54) is 14.2 Å². The van der Waals surface area contributed by atoms with Crippen LogP contribution >= 0.6 is 12.4 Å². The molecule has 9 heteroatoms. The number of nitrogens with two attached hydrogens (primary N) is 1. The number of rotatable bonds is 7. The van der Waals surface area contributed by atoms with Gasteiger partial charge in [-0.2, -0.15) is 0 Å². The second-order valence-electron chi connectivity index (χ2n) is 5.73. The van der Waals surface area contributed by atoms with Gasteiger partial charge in [0.1, 0.15) is 5.82 Å². The highest BCUT2D eigenvalue weighted by atomic mass is 35.5. The molecule has 0 spiro atoms. The second-order valence-corrected chi connectivity index (χ2v) is 5.73. The molecule has 1 heterocycles. The van der Waals surface area contributed by atoms with Crippen LogP contribution in [0.1, 0.15) is 19.7 Å². The number of amides is 1. The zero-order valence-corrected chi connectivity index (χ0v) is 16.2. The first kappa shape index (κ1) is 21.7. The first-order valence-corrected chi connectivity index (χ1v) is 8.08. The fourth-order valence-corrected chi connectivity index (χ4v) is 2.53. The lowest BCUT2D eigenvalue weighted by molar-refractivity contribution is -0.135. The van der Waals surface area contributed by atoms with Crippen molar-refractivity contribution in [2.24, 2.45) is 11.7 Å². The van der Waals surface area contributed by atoms with Gasteiger partial charge in [-0.25, -0.2) is 4.98 Å². The Balaban J connectivity index is 0.00000338. The minimum absolute atomic E-state index is 0. The van der Waals surface area contributed by atoms with Crippen LogP contribution in [0.2, 0.25) is 0 Å². The van der Waals surface area contributed by atoms with Gasteiger partial charge in [-0.15, -0.1) is 12.4 Å². The minimum atomic E-state index is -0.295. The summed E-state index contributed by atoms with van der Waals surface area (Å²) in [5.41, 5.74) is 5.75. The molecule has 1 unspecified atom stereocenters. The number of nitrogens with zero attached hydrogens (tertiary/aromatic N) is 2. The average molecular weight is 385 g/mol. The van der Waals surface area contributed by atoms with Crippen LogP contribution in [0.3, 0.4) is 0 Å². The number of nitrogens with one attached hydrogen (secondary N) is 1. The van der Waals surface area contributed by atoms with Gasteiger partial charge in [0.25, 0.3) is 5.56 Å². The van der Waals surface area contributed by atoms with E-state index >= 15 is 0 Å². The van der Waals surface area contributed by atoms with Crippen molar-refractivity contribution < 1.29 is 14.3 Å². The maximum Gasteiger partial charge on any atom is 0.258 e. The van der Waals surface area contributed by atoms with Crippen molar-refractivity contribution in [2.75, 3.05) is 27.3 Å². The summed E-state index contributed by atoms with van der Waals surface area (Å²) < 4.78 is 10.5. The van der Waals surface area contributed by atoms with Crippen molar-refractivity contribution in [2.45, 2.75) is 20.4 Å². The third-order valence-electron chi connectivity index (χ3n) is 4.07. The Morgan fingerprint density at radius 1 is 1.31 bits per heavy atom. The Morgan fingerprint density at radius 2 is 1.92 bits per heavy atom. The zero-order valence-electron chi connectivity index (χ0n) is 15.4. The normalized spacial score (nSPS) is 11.6. The molecule has 2 aromatic rings. The topological polar surface area (TPSA) is 111 Å². The first-order chi connectivity index (χ1) is 11.9. The average Bonchev–Trinajstić information content (AvgIpc) is 2.63. The Bertz CT molecular complexity index is 824. The van der Waals surface area contributed by atoms with Gasteiger partial charge in [0.2, 0.25) is 5.91 Å². The summed E-state index contributed by atoms with van der Waals surface area (Å²) in [5, 5.41) is 0.395. The summed E-state index contributed by atoms with van der Waals surface area (Å²) in [6, 6.07) is 3.23. The van der Waals surface area contributed by atoms with E-state index in [9.17, 15) is 9.59 Å². The van der Waals surface area contributed by atoms with Gasteiger partial charge in [0, 0.05) is 25.1 Å². The van der Waals surface area contributed by atoms with E-state index in [0.29, 0.717) is 34.8 Å². The van der Waals surface area contributed by atoms with Crippen LogP contribution in [0.5, 0.6) is 11.5 Å². The van der Waals surface area contributed by atoms with Gasteiger partial charge in [-0.3, -0.25) is 9.59 Å². The number of H-pyrrole nitrogens is 1. The summed E-state index contributed by atoms with van der Waals surface area (Å²) >= 11 is 0. The Hall–Kier alpha value is -2.32. The number of benzene rings is 1. The molecule has 0 bridgehead atoms. The van der Waals surface area contributed by atoms with Crippen molar-refractivity contribution >= 4 is 29.2 Å². The van der Waals surface area contributed by atoms with Crippen LogP contribution in [0.4, 0.5) is 0 Å². The smallest absolute Gasteiger partial charge is 0.258 e. The van der Waals surface area contributed by atoms with E-state index in [0.717, 1.165) is 0 Å². The fraction of sp³-hybridized carbons (Fsp3) is 0.471. The van der Waals surface area contributed by atoms with E-state index < -0.39 is 0 Å². The summed E-state index contributed by atoms with van der Waals surface area (Å²) in [5.74, 6) is 0.997. The van der Waals surface area contributed by atoms with Crippen LogP contribution in [0.25, 0.3) is 10.9 Å². The summed E-state index contributed by atoms with van der Waals surface area (Å²) in [4.78, 5) is 33.5. The number of halogens is 1. The number of fused-ring (bicyclic) bond motifs is 1. The molecule has 2 rings (SSSR count). The molecule has 1 aromatic carbocycles. The fourth-order valence-electron chi connectivity index (χ4n) is 2.53. The van der Waals surface area contributed by atoms with Gasteiger partial charge in [0.15, 0.2) is 11.5 Å². The lowest BCUT2D eigenvalue weighted by atomic mass is 10.1. The van der Waals surface area contributed by atoms with Crippen LogP contribution < -0.4 is 20.8 Å². The molecule has 0 saturated carbocycles. The maximum absolute atomic E-state index is 12.4. The van der Waals surface area contributed by atoms with E-state index in [-0.39, 0.29) is 42.9 Å². The van der Waals surface area contributed by atoms with Crippen LogP contribution in [0, 0.1) is 5.92 Å². The third-order valence-corrected chi connectivity index (χ3v) is 4.07. The van der Waals surface area contributed by atoms with Gasteiger partial charge < -0.3 is 25.1 Å². The van der Waals surface area contributed by atoms with Gasteiger partial charge in [-0.1, -0.05) is 6.92 Å². The van der Waals surface area contributed by atoms with Gasteiger partial charge >= 0.3 is 0 Å². The molecule has 8 nitrogen and oxygen atoms in total. The van der Waals surface area contributed by atoms with Gasteiger partial charge in [-0.05, 0) is 13.0 Å². The lowest BCUT2D eigenvalue weighted by Gasteiger charge is -2.23. The number of aromatic amines is 1. The number of hydrogen-bond acceptors (Lipinski definition) is 6. The van der Waals surface area contributed by atoms with E-state index in [1.807, 2.05) is 6.92 Å². The van der Waals surface area contributed by atoms with Crippen LogP contribution in [0.15, 0.2) is 16.9 Å². The van der Waals surface area contributed by atoms with E-state index in [2.05, 4.69) is 9.97 Å². The highest BCUT2D eigenvalue weighted by molar-refractivity contribution is 5.85. The predicted octanol–water partition coefficient (Wildman–Crippen LogP) is 1.31. The molecule has 0 saturated heterocycles. The molecule has 0 aliphatic rings. The Kier molecular flexibility index (Phi) is 7.85. The first-order valence-electron chi connectivity index (χ1n) is 8.08. The number of carbonyl (C=O) groups excluding carboxylic acids is 1. The number of aromatic nitrogens is 2. The maximum atomic E-state index is 12.4. The Labute approximate surface area is 158 Å². The number of hydrogen-bond donors (Lipinski definition) is 2. The van der Waals surface area contributed by atoms with E-state index in [1.54, 1.807) is 24.0 Å². The van der Waals surface area contributed by atoms with E-state index in [4.69, 9.17) is 15.2 Å². The number of methoxy groups -OCH3 is 2. The van der Waals surface area contributed by atoms with Crippen molar-refractivity contribution in [3.8, 4) is 11.5 Å². The molecular formula is C17H25ClN4O4. The highest BCUT2D eigenvalue weighted by Gasteiger charge is 2.19. The largest absolute Gasteiger partial charge is 0.493 e. The molecule has 26 heavy (non-hydrogen) atoms. The Morgan fingerprint density at radius 3 is 2.46 bits per heavy atom. The lowest BCUT2D eigenvalue weighted by Crippen LogP contribution is -2.38. The molecule has 0 aliphatic carbocycles. The minimum Gasteiger partial charge on any atom is -0.493 e. The molecule has 1 atom stereocenters. The van der Waals surface area contributed by atoms with Crippen LogP contribution in [-0.4, -0.2) is 48.1 Å². The van der Waals surface area contributed by atoms with Crippen molar-refractivity contribution in [1.29, 1.82) is 0 Å². The standard InChI is InChI=1S/C17H24N4O4.ClH/c1-5-21(17(23)10(2)8-18)9-15-19-12-7-14(25-4)13(24-3)6-11(12)16(22)20-15;/h6-7,10H,5,8-9,18H2,1-4H3,(H,19,20,22);1H. The summed E-state index contributed by atoms with van der Waals surface area (Å²) in [7, 11) is 3.02. The number of ether oxygens (including phenoxy) is 2. The molecular weight excluding hydrogens is 360 g/mol. The second kappa shape index (κ2) is 9.40. The monoisotopic (exact) mass is 384 g/mol. The third kappa shape index (κ3) is 4.44. The van der Waals surface area contributed by atoms with Crippen molar-refractivity contribution in [3.63, 3.8) is 0 Å². The quantitative estimate of drug-likeness (QED) is 0.744. The predicted molar refractivity (Wildman–Crippen MR) is 102 cm³/mol. The summed E-state index contributed by atoms with van der Waals surface area (Å²) in [6.45, 7) is 4.62. The highest BCUT2D eigenvalue weighted by Crippen LogP contribution is 2.29. The van der Waals surface area contributed by atoms with Crippen molar-refractivity contribution in [3.05, 3.63) is 28.3 Å². The molecule has 1 amide bonds. The molecule has 3 N–H and O–H groups in total. The van der Waals surface area contributed by atoms with Crippen molar-refractivity contribution in [1.82, 2.24) is 14.9 Å². The molecule has 1 aromatic heterocycles. The zero-order chi connectivity index (χ0) is 18.6. The SMILES string of the molecule is CCN(Cc1nc2cc(OC)c(OC)cc2c(=O)[nH]1)C(=O)C(C)CN.Cl. The van der Waals surface area contributed by atoms with Crippen LogP contribution in [-0.2, 0) is 11.3 Å². The van der Waals surface area contributed by atoms with Gasteiger partial charge in [0.05, 0.1) is 31.7 Å². The number of carbonyl (C=O) groups is 1. The molecule has 144 valence electrons. The molecule has 0 radical (unpaired) electrons. The molecule has 0 fully saturated rings. The molecule has 0 aliphatic heterocycles.